The monoisotopic (exact) mass is 464 g/mol. The van der Waals surface area contributed by atoms with Gasteiger partial charge >= 0.3 is 0 Å². The van der Waals surface area contributed by atoms with Crippen molar-refractivity contribution in [2.75, 3.05) is 18.6 Å². The number of imide groups is 1. The minimum atomic E-state index is -0.819. The first kappa shape index (κ1) is 23.8. The quantitative estimate of drug-likeness (QED) is 0.442. The van der Waals surface area contributed by atoms with Gasteiger partial charge < -0.3 is 14.4 Å². The zero-order chi connectivity index (χ0) is 24.1. The number of carbonyl (C=O) groups excluding carboxylic acids is 3. The minimum absolute atomic E-state index is 0.0156. The summed E-state index contributed by atoms with van der Waals surface area (Å²) in [4.78, 5) is 43.3. The molecule has 7 nitrogen and oxygen atoms in total. The number of anilines is 1. The molecule has 1 saturated carbocycles. The van der Waals surface area contributed by atoms with Crippen LogP contribution in [0.1, 0.15) is 62.2 Å². The van der Waals surface area contributed by atoms with Gasteiger partial charge in [-0.2, -0.15) is 0 Å². The largest absolute Gasteiger partial charge is 0.497 e. The summed E-state index contributed by atoms with van der Waals surface area (Å²) in [6.07, 6.45) is 5.89. The molecule has 1 heterocycles. The number of hydrogen-bond acceptors (Lipinski definition) is 5. The van der Waals surface area contributed by atoms with Crippen LogP contribution in [0.3, 0.4) is 0 Å². The first-order chi connectivity index (χ1) is 16.5. The Hall–Kier alpha value is -3.35. The molecule has 0 bridgehead atoms. The van der Waals surface area contributed by atoms with E-state index in [4.69, 9.17) is 9.47 Å². The second-order valence-corrected chi connectivity index (χ2v) is 8.80. The molecule has 0 aromatic heterocycles. The van der Waals surface area contributed by atoms with Crippen molar-refractivity contribution in [3.8, 4) is 11.5 Å². The maximum Gasteiger partial charge on any atom is 0.257 e. The Kier molecular flexibility index (Phi) is 7.50. The number of benzene rings is 2. The van der Waals surface area contributed by atoms with Crippen molar-refractivity contribution in [1.29, 1.82) is 0 Å². The molecule has 2 aliphatic rings. The van der Waals surface area contributed by atoms with E-state index in [1.807, 2.05) is 6.92 Å². The summed E-state index contributed by atoms with van der Waals surface area (Å²) in [5, 5.41) is 0. The lowest BCUT2D eigenvalue weighted by molar-refractivity contribution is -0.123. The van der Waals surface area contributed by atoms with Gasteiger partial charge in [-0.05, 0) is 62.2 Å². The molecular weight excluding hydrogens is 432 g/mol. The van der Waals surface area contributed by atoms with Crippen LogP contribution in [-0.4, -0.2) is 48.4 Å². The number of rotatable bonds is 7. The summed E-state index contributed by atoms with van der Waals surface area (Å²) in [5.74, 6) is 0.378. The molecule has 0 spiro atoms. The number of amides is 3. The molecule has 1 aliphatic carbocycles. The minimum Gasteiger partial charge on any atom is -0.497 e. The predicted molar refractivity (Wildman–Crippen MR) is 129 cm³/mol. The lowest BCUT2D eigenvalue weighted by Crippen LogP contribution is -2.50. The van der Waals surface area contributed by atoms with Crippen LogP contribution < -0.4 is 14.4 Å². The number of carbonyl (C=O) groups is 3. The van der Waals surface area contributed by atoms with Gasteiger partial charge in [-0.3, -0.25) is 14.4 Å². The molecule has 7 heteroatoms. The third-order valence-corrected chi connectivity index (χ3v) is 6.63. The topological polar surface area (TPSA) is 76.2 Å². The second-order valence-electron chi connectivity index (χ2n) is 8.80. The van der Waals surface area contributed by atoms with Gasteiger partial charge in [0, 0.05) is 11.6 Å². The third-order valence-electron chi connectivity index (χ3n) is 6.63. The summed E-state index contributed by atoms with van der Waals surface area (Å²) in [6, 6.07) is 13.0. The van der Waals surface area contributed by atoms with Crippen molar-refractivity contribution >= 4 is 23.4 Å². The molecule has 3 amide bonds. The molecule has 4 rings (SSSR count). The fraction of sp³-hybridized carbons (Fsp3) is 0.444. The molecule has 2 aromatic rings. The highest BCUT2D eigenvalue weighted by atomic mass is 16.5. The average Bonchev–Trinajstić information content (AvgIpc) is 3.01. The van der Waals surface area contributed by atoms with Crippen LogP contribution in [0.2, 0.25) is 0 Å². The van der Waals surface area contributed by atoms with Crippen molar-refractivity contribution in [3.05, 3.63) is 54.1 Å². The highest BCUT2D eigenvalue weighted by Crippen LogP contribution is 2.32. The van der Waals surface area contributed by atoms with Gasteiger partial charge in [0.2, 0.25) is 5.91 Å². The van der Waals surface area contributed by atoms with Gasteiger partial charge in [0.05, 0.1) is 25.8 Å². The maximum absolute atomic E-state index is 13.8. The number of ether oxygens (including phenoxy) is 2. The van der Waals surface area contributed by atoms with Crippen LogP contribution >= 0.6 is 0 Å². The van der Waals surface area contributed by atoms with Crippen molar-refractivity contribution in [1.82, 2.24) is 4.90 Å². The molecule has 180 valence electrons. The first-order valence-electron chi connectivity index (χ1n) is 12.1. The molecule has 1 unspecified atom stereocenters. The molecular formula is C27H32N2O5. The Morgan fingerprint density at radius 2 is 1.71 bits per heavy atom. The molecule has 1 atom stereocenters. The Morgan fingerprint density at radius 1 is 1.00 bits per heavy atom. The number of nitrogens with zero attached hydrogens (tertiary/aromatic N) is 2. The molecule has 0 radical (unpaired) electrons. The Bertz CT molecular complexity index is 1030. The molecule has 1 aliphatic heterocycles. The van der Waals surface area contributed by atoms with E-state index in [2.05, 4.69) is 0 Å². The normalized spacial score (nSPS) is 19.1. The van der Waals surface area contributed by atoms with E-state index in [0.29, 0.717) is 29.4 Å². The Balaban J connectivity index is 1.65. The van der Waals surface area contributed by atoms with Crippen molar-refractivity contribution in [2.45, 2.75) is 64.0 Å². The summed E-state index contributed by atoms with van der Waals surface area (Å²) >= 11 is 0. The third kappa shape index (κ3) is 4.93. The van der Waals surface area contributed by atoms with Crippen LogP contribution in [0, 0.1) is 0 Å². The van der Waals surface area contributed by atoms with Gasteiger partial charge in [0.25, 0.3) is 11.8 Å². The zero-order valence-electron chi connectivity index (χ0n) is 19.9. The van der Waals surface area contributed by atoms with Crippen LogP contribution in [0.25, 0.3) is 0 Å². The molecule has 34 heavy (non-hydrogen) atoms. The fourth-order valence-electron chi connectivity index (χ4n) is 4.97. The van der Waals surface area contributed by atoms with E-state index in [1.54, 1.807) is 60.5 Å². The highest BCUT2D eigenvalue weighted by Gasteiger charge is 2.46. The van der Waals surface area contributed by atoms with Gasteiger partial charge in [-0.15, -0.1) is 0 Å². The zero-order valence-corrected chi connectivity index (χ0v) is 19.9. The van der Waals surface area contributed by atoms with Crippen LogP contribution in [0.4, 0.5) is 5.69 Å². The standard InChI is InChI=1S/C27H32N2O5/c1-3-34-22-15-13-21(14-16-22)29-25(30)18-24(27(29)32)28(20-10-6-4-5-7-11-20)26(31)19-9-8-12-23(17-19)33-2/h8-9,12-17,20,24H,3-7,10-11,18H2,1-2H3. The first-order valence-corrected chi connectivity index (χ1v) is 12.1. The molecule has 2 aromatic carbocycles. The van der Waals surface area contributed by atoms with Crippen LogP contribution in [-0.2, 0) is 9.59 Å². The van der Waals surface area contributed by atoms with Crippen molar-refractivity contribution in [3.63, 3.8) is 0 Å². The number of methoxy groups -OCH3 is 1. The highest BCUT2D eigenvalue weighted by molar-refractivity contribution is 6.23. The van der Waals surface area contributed by atoms with E-state index in [-0.39, 0.29) is 30.2 Å². The van der Waals surface area contributed by atoms with Gasteiger partial charge in [0.1, 0.15) is 17.5 Å². The van der Waals surface area contributed by atoms with Crippen molar-refractivity contribution < 1.29 is 23.9 Å². The van der Waals surface area contributed by atoms with E-state index in [9.17, 15) is 14.4 Å². The maximum atomic E-state index is 13.8. The van der Waals surface area contributed by atoms with Gasteiger partial charge in [-0.1, -0.05) is 31.7 Å². The number of hydrogen-bond donors (Lipinski definition) is 0. The summed E-state index contributed by atoms with van der Waals surface area (Å²) in [7, 11) is 1.56. The van der Waals surface area contributed by atoms with E-state index in [0.717, 1.165) is 38.5 Å². The van der Waals surface area contributed by atoms with Gasteiger partial charge in [-0.25, -0.2) is 4.90 Å². The summed E-state index contributed by atoms with van der Waals surface area (Å²) < 4.78 is 10.8. The van der Waals surface area contributed by atoms with Crippen LogP contribution in [0.5, 0.6) is 11.5 Å². The lowest BCUT2D eigenvalue weighted by atomic mass is 10.0. The van der Waals surface area contributed by atoms with Crippen molar-refractivity contribution in [2.24, 2.45) is 0 Å². The molecule has 1 saturated heterocycles. The Morgan fingerprint density at radius 3 is 2.35 bits per heavy atom. The van der Waals surface area contributed by atoms with Crippen LogP contribution in [0.15, 0.2) is 48.5 Å². The fourth-order valence-corrected chi connectivity index (χ4v) is 4.97. The predicted octanol–water partition coefficient (Wildman–Crippen LogP) is 4.59. The summed E-state index contributed by atoms with van der Waals surface area (Å²) in [5.41, 5.74) is 0.957. The van der Waals surface area contributed by atoms with E-state index in [1.165, 1.54) is 4.90 Å². The van der Waals surface area contributed by atoms with E-state index < -0.39 is 6.04 Å². The average molecular weight is 465 g/mol. The Labute approximate surface area is 200 Å². The lowest BCUT2D eigenvalue weighted by Gasteiger charge is -2.35. The van der Waals surface area contributed by atoms with E-state index >= 15 is 0 Å². The molecule has 2 fully saturated rings. The molecule has 0 N–H and O–H groups in total. The summed E-state index contributed by atoms with van der Waals surface area (Å²) in [6.45, 7) is 2.43. The SMILES string of the molecule is CCOc1ccc(N2C(=O)CC(N(C(=O)c3cccc(OC)c3)C3CCCCCC3)C2=O)cc1. The smallest absolute Gasteiger partial charge is 0.257 e. The second kappa shape index (κ2) is 10.7. The van der Waals surface area contributed by atoms with Gasteiger partial charge in [0.15, 0.2) is 0 Å².